The van der Waals surface area contributed by atoms with Crippen molar-refractivity contribution in [2.24, 2.45) is 5.92 Å². The fourth-order valence-corrected chi connectivity index (χ4v) is 3.41. The molecule has 0 spiro atoms. The van der Waals surface area contributed by atoms with Gasteiger partial charge in [0.1, 0.15) is 0 Å². The van der Waals surface area contributed by atoms with E-state index in [1.165, 1.54) is 52.0 Å². The largest absolute Gasteiger partial charge is 0.317 e. The molecule has 2 saturated heterocycles. The first-order chi connectivity index (χ1) is 8.70. The van der Waals surface area contributed by atoms with Gasteiger partial charge in [-0.15, -0.1) is 0 Å². The summed E-state index contributed by atoms with van der Waals surface area (Å²) in [6.45, 7) is 14.5. The first-order valence-corrected chi connectivity index (χ1v) is 7.89. The molecule has 0 radical (unpaired) electrons. The van der Waals surface area contributed by atoms with E-state index in [4.69, 9.17) is 0 Å². The van der Waals surface area contributed by atoms with Crippen LogP contribution >= 0.6 is 0 Å². The van der Waals surface area contributed by atoms with E-state index in [1.807, 2.05) is 0 Å². The summed E-state index contributed by atoms with van der Waals surface area (Å²) in [7, 11) is 0. The van der Waals surface area contributed by atoms with Gasteiger partial charge < -0.3 is 5.32 Å². The van der Waals surface area contributed by atoms with E-state index in [1.54, 1.807) is 0 Å². The third-order valence-electron chi connectivity index (χ3n) is 4.77. The highest BCUT2D eigenvalue weighted by Crippen LogP contribution is 2.23. The summed E-state index contributed by atoms with van der Waals surface area (Å²) >= 11 is 0. The fraction of sp³-hybridized carbons (Fsp3) is 1.00. The number of likely N-dealkylation sites (tertiary alicyclic amines) is 2. The molecular weight excluding hydrogens is 222 g/mol. The van der Waals surface area contributed by atoms with E-state index in [0.717, 1.165) is 24.5 Å². The summed E-state index contributed by atoms with van der Waals surface area (Å²) in [5.41, 5.74) is 0. The minimum atomic E-state index is 0.723. The molecule has 2 aliphatic heterocycles. The maximum Gasteiger partial charge on any atom is 0.0235 e. The molecule has 1 N–H and O–H groups in total. The van der Waals surface area contributed by atoms with Gasteiger partial charge >= 0.3 is 0 Å². The standard InChI is InChI=1S/C15H31N3/c1-4-16-11-14-5-8-17(9-6-14)15-7-10-18(12-15)13(2)3/h13-16H,4-12H2,1-3H3. The average molecular weight is 253 g/mol. The fourth-order valence-electron chi connectivity index (χ4n) is 3.41. The van der Waals surface area contributed by atoms with Crippen LogP contribution in [0.2, 0.25) is 0 Å². The van der Waals surface area contributed by atoms with Crippen LogP contribution in [-0.2, 0) is 0 Å². The predicted octanol–water partition coefficient (Wildman–Crippen LogP) is 1.79. The van der Waals surface area contributed by atoms with Gasteiger partial charge in [0.15, 0.2) is 0 Å². The zero-order valence-corrected chi connectivity index (χ0v) is 12.5. The molecular formula is C15H31N3. The van der Waals surface area contributed by atoms with Crippen molar-refractivity contribution in [1.29, 1.82) is 0 Å². The third-order valence-corrected chi connectivity index (χ3v) is 4.77. The summed E-state index contributed by atoms with van der Waals surface area (Å²) in [5.74, 6) is 0.920. The van der Waals surface area contributed by atoms with Gasteiger partial charge in [-0.1, -0.05) is 6.92 Å². The average Bonchev–Trinajstić information content (AvgIpc) is 2.87. The van der Waals surface area contributed by atoms with Crippen molar-refractivity contribution in [3.8, 4) is 0 Å². The summed E-state index contributed by atoms with van der Waals surface area (Å²) in [6, 6.07) is 1.56. The van der Waals surface area contributed by atoms with E-state index < -0.39 is 0 Å². The summed E-state index contributed by atoms with van der Waals surface area (Å²) in [4.78, 5) is 5.39. The van der Waals surface area contributed by atoms with Crippen LogP contribution in [0.3, 0.4) is 0 Å². The summed E-state index contributed by atoms with van der Waals surface area (Å²) < 4.78 is 0. The first kappa shape index (κ1) is 14.3. The Bertz CT molecular complexity index is 234. The van der Waals surface area contributed by atoms with Crippen molar-refractivity contribution in [3.63, 3.8) is 0 Å². The normalized spacial score (nSPS) is 28.3. The van der Waals surface area contributed by atoms with Crippen LogP contribution in [0.25, 0.3) is 0 Å². The van der Waals surface area contributed by atoms with E-state index in [0.29, 0.717) is 0 Å². The Hall–Kier alpha value is -0.120. The predicted molar refractivity (Wildman–Crippen MR) is 78.0 cm³/mol. The van der Waals surface area contributed by atoms with Crippen molar-refractivity contribution in [1.82, 2.24) is 15.1 Å². The second-order valence-electron chi connectivity index (χ2n) is 6.32. The molecule has 0 aromatic heterocycles. The number of hydrogen-bond donors (Lipinski definition) is 1. The Morgan fingerprint density at radius 3 is 2.39 bits per heavy atom. The number of nitrogens with zero attached hydrogens (tertiary/aromatic N) is 2. The summed E-state index contributed by atoms with van der Waals surface area (Å²) in [5, 5.41) is 3.50. The maximum atomic E-state index is 3.50. The molecule has 0 aromatic carbocycles. The van der Waals surface area contributed by atoms with E-state index >= 15 is 0 Å². The Morgan fingerprint density at radius 1 is 1.11 bits per heavy atom. The summed E-state index contributed by atoms with van der Waals surface area (Å²) in [6.07, 6.45) is 4.17. The number of hydrogen-bond acceptors (Lipinski definition) is 3. The van der Waals surface area contributed by atoms with Crippen LogP contribution < -0.4 is 5.32 Å². The lowest BCUT2D eigenvalue weighted by molar-refractivity contribution is 0.128. The van der Waals surface area contributed by atoms with Crippen LogP contribution in [-0.4, -0.2) is 61.2 Å². The lowest BCUT2D eigenvalue weighted by Crippen LogP contribution is -2.44. The zero-order chi connectivity index (χ0) is 13.0. The Labute approximate surface area is 113 Å². The minimum absolute atomic E-state index is 0.723. The zero-order valence-electron chi connectivity index (χ0n) is 12.5. The Morgan fingerprint density at radius 2 is 1.83 bits per heavy atom. The van der Waals surface area contributed by atoms with Gasteiger partial charge in [0.05, 0.1) is 0 Å². The van der Waals surface area contributed by atoms with Gasteiger partial charge in [0.2, 0.25) is 0 Å². The van der Waals surface area contributed by atoms with Crippen molar-refractivity contribution >= 4 is 0 Å². The van der Waals surface area contributed by atoms with Crippen molar-refractivity contribution < 1.29 is 0 Å². The maximum absolute atomic E-state index is 3.50. The molecule has 2 fully saturated rings. The molecule has 2 aliphatic rings. The SMILES string of the molecule is CCNCC1CCN(C2CCN(C(C)C)C2)CC1. The van der Waals surface area contributed by atoms with E-state index in [-0.39, 0.29) is 0 Å². The molecule has 106 valence electrons. The van der Waals surface area contributed by atoms with Crippen LogP contribution in [0.1, 0.15) is 40.0 Å². The highest BCUT2D eigenvalue weighted by atomic mass is 15.3. The van der Waals surface area contributed by atoms with Gasteiger partial charge in [-0.3, -0.25) is 9.80 Å². The van der Waals surface area contributed by atoms with E-state index in [2.05, 4.69) is 35.9 Å². The molecule has 1 atom stereocenters. The Kier molecular flexibility index (Phi) is 5.46. The smallest absolute Gasteiger partial charge is 0.0235 e. The van der Waals surface area contributed by atoms with Gasteiger partial charge in [-0.05, 0) is 65.2 Å². The molecule has 1 unspecified atom stereocenters. The third kappa shape index (κ3) is 3.69. The molecule has 0 amide bonds. The second kappa shape index (κ2) is 6.88. The monoisotopic (exact) mass is 253 g/mol. The molecule has 0 bridgehead atoms. The number of nitrogens with one attached hydrogen (secondary N) is 1. The second-order valence-corrected chi connectivity index (χ2v) is 6.32. The van der Waals surface area contributed by atoms with Gasteiger partial charge in [-0.2, -0.15) is 0 Å². The lowest BCUT2D eigenvalue weighted by atomic mass is 9.95. The molecule has 2 heterocycles. The van der Waals surface area contributed by atoms with Crippen LogP contribution in [0, 0.1) is 5.92 Å². The molecule has 3 nitrogen and oxygen atoms in total. The van der Waals surface area contributed by atoms with Gasteiger partial charge in [0.25, 0.3) is 0 Å². The minimum Gasteiger partial charge on any atom is -0.317 e. The topological polar surface area (TPSA) is 18.5 Å². The van der Waals surface area contributed by atoms with Crippen molar-refractivity contribution in [2.45, 2.75) is 52.1 Å². The molecule has 3 heteroatoms. The quantitative estimate of drug-likeness (QED) is 0.806. The first-order valence-electron chi connectivity index (χ1n) is 7.89. The highest BCUT2D eigenvalue weighted by molar-refractivity contribution is 4.87. The molecule has 18 heavy (non-hydrogen) atoms. The van der Waals surface area contributed by atoms with Gasteiger partial charge in [-0.25, -0.2) is 0 Å². The van der Waals surface area contributed by atoms with Crippen LogP contribution in [0.5, 0.6) is 0 Å². The van der Waals surface area contributed by atoms with Crippen LogP contribution in [0.4, 0.5) is 0 Å². The van der Waals surface area contributed by atoms with Crippen LogP contribution in [0.15, 0.2) is 0 Å². The van der Waals surface area contributed by atoms with Gasteiger partial charge in [0, 0.05) is 25.2 Å². The van der Waals surface area contributed by atoms with E-state index in [9.17, 15) is 0 Å². The highest BCUT2D eigenvalue weighted by Gasteiger charge is 2.31. The molecule has 0 saturated carbocycles. The molecule has 2 rings (SSSR count). The Balaban J connectivity index is 1.70. The number of piperidine rings is 1. The molecule has 0 aromatic rings. The molecule has 0 aliphatic carbocycles. The van der Waals surface area contributed by atoms with Crippen molar-refractivity contribution in [3.05, 3.63) is 0 Å². The lowest BCUT2D eigenvalue weighted by Gasteiger charge is -2.36. The number of rotatable bonds is 5. The van der Waals surface area contributed by atoms with Crippen molar-refractivity contribution in [2.75, 3.05) is 39.3 Å².